The molecule has 1 amide bonds. The van der Waals surface area contributed by atoms with E-state index in [4.69, 9.17) is 11.6 Å². The first kappa shape index (κ1) is 14.5. The topological polar surface area (TPSA) is 20.3 Å². The average Bonchev–Trinajstić information content (AvgIpc) is 2.77. The van der Waals surface area contributed by atoms with Crippen molar-refractivity contribution in [3.8, 4) is 0 Å². The Morgan fingerprint density at radius 3 is 2.48 bits per heavy atom. The number of amides is 1. The molecule has 3 rings (SSSR count). The van der Waals surface area contributed by atoms with Crippen molar-refractivity contribution in [1.29, 1.82) is 0 Å². The molecule has 2 aromatic carbocycles. The molecule has 2 nitrogen and oxygen atoms in total. The Morgan fingerprint density at radius 1 is 1.10 bits per heavy atom. The summed E-state index contributed by atoms with van der Waals surface area (Å²) < 4.78 is 0. The van der Waals surface area contributed by atoms with Crippen LogP contribution in [0.1, 0.15) is 23.4 Å². The summed E-state index contributed by atoms with van der Waals surface area (Å²) in [5.74, 6) is 0.175. The molecule has 2 aromatic rings. The van der Waals surface area contributed by atoms with E-state index in [0.717, 1.165) is 16.1 Å². The van der Waals surface area contributed by atoms with Crippen LogP contribution in [0.5, 0.6) is 0 Å². The van der Waals surface area contributed by atoms with E-state index >= 15 is 0 Å². The number of carbonyl (C=O) groups is 1. The van der Waals surface area contributed by atoms with Crippen LogP contribution in [0.15, 0.2) is 54.6 Å². The minimum absolute atomic E-state index is 0.0126. The fourth-order valence-electron chi connectivity index (χ4n) is 2.53. The molecule has 0 N–H and O–H groups in total. The molecule has 108 valence electrons. The highest BCUT2D eigenvalue weighted by Gasteiger charge is 2.39. The van der Waals surface area contributed by atoms with Gasteiger partial charge in [0, 0.05) is 17.1 Å². The predicted octanol–water partition coefficient (Wildman–Crippen LogP) is 4.50. The van der Waals surface area contributed by atoms with E-state index in [9.17, 15) is 4.79 Å². The van der Waals surface area contributed by atoms with Crippen molar-refractivity contribution in [1.82, 2.24) is 4.90 Å². The van der Waals surface area contributed by atoms with E-state index in [1.165, 1.54) is 0 Å². The van der Waals surface area contributed by atoms with Crippen LogP contribution >= 0.6 is 23.4 Å². The predicted molar refractivity (Wildman–Crippen MR) is 88.2 cm³/mol. The standard InChI is InChI=1S/C17H16ClNOS/c1-12-16(20)19(11-13-7-3-2-4-8-13)17(21-12)14-9-5-6-10-15(14)18/h2-10,12,17H,11H2,1H3. The second-order valence-electron chi connectivity index (χ2n) is 5.10. The van der Waals surface area contributed by atoms with E-state index in [1.807, 2.05) is 66.4 Å². The second-order valence-corrected chi connectivity index (χ2v) is 6.94. The molecular weight excluding hydrogens is 302 g/mol. The molecule has 1 saturated heterocycles. The van der Waals surface area contributed by atoms with Crippen LogP contribution in [0.25, 0.3) is 0 Å². The summed E-state index contributed by atoms with van der Waals surface area (Å²) in [4.78, 5) is 14.4. The smallest absolute Gasteiger partial charge is 0.236 e. The van der Waals surface area contributed by atoms with Crippen LogP contribution in [-0.2, 0) is 11.3 Å². The van der Waals surface area contributed by atoms with Crippen LogP contribution in [-0.4, -0.2) is 16.1 Å². The van der Waals surface area contributed by atoms with E-state index in [2.05, 4.69) is 0 Å². The van der Waals surface area contributed by atoms with Gasteiger partial charge in [0.2, 0.25) is 5.91 Å². The van der Waals surface area contributed by atoms with Gasteiger partial charge in [-0.1, -0.05) is 60.1 Å². The third kappa shape index (κ3) is 2.94. The van der Waals surface area contributed by atoms with Crippen molar-refractivity contribution in [3.63, 3.8) is 0 Å². The fourth-order valence-corrected chi connectivity index (χ4v) is 4.15. The summed E-state index contributed by atoms with van der Waals surface area (Å²) >= 11 is 7.98. The zero-order valence-corrected chi connectivity index (χ0v) is 13.3. The summed E-state index contributed by atoms with van der Waals surface area (Å²) in [6.45, 7) is 2.58. The van der Waals surface area contributed by atoms with Crippen LogP contribution in [0.4, 0.5) is 0 Å². The fraction of sp³-hybridized carbons (Fsp3) is 0.235. The minimum atomic E-state index is -0.0324. The van der Waals surface area contributed by atoms with Crippen LogP contribution < -0.4 is 0 Å². The molecule has 0 radical (unpaired) electrons. The van der Waals surface area contributed by atoms with Gasteiger partial charge in [-0.25, -0.2) is 0 Å². The first-order chi connectivity index (χ1) is 10.2. The molecule has 2 atom stereocenters. The van der Waals surface area contributed by atoms with Crippen molar-refractivity contribution in [3.05, 3.63) is 70.7 Å². The molecule has 2 unspecified atom stereocenters. The Balaban J connectivity index is 1.92. The van der Waals surface area contributed by atoms with Gasteiger partial charge >= 0.3 is 0 Å². The molecule has 1 fully saturated rings. The molecule has 0 aliphatic carbocycles. The Hall–Kier alpha value is -1.45. The number of thioether (sulfide) groups is 1. The Bertz CT molecular complexity index is 646. The largest absolute Gasteiger partial charge is 0.321 e. The number of halogens is 1. The van der Waals surface area contributed by atoms with Gasteiger partial charge in [-0.2, -0.15) is 0 Å². The lowest BCUT2D eigenvalue weighted by molar-refractivity contribution is -0.130. The minimum Gasteiger partial charge on any atom is -0.321 e. The molecule has 21 heavy (non-hydrogen) atoms. The normalized spacial score (nSPS) is 21.8. The molecule has 0 saturated carbocycles. The monoisotopic (exact) mass is 317 g/mol. The second kappa shape index (κ2) is 6.12. The van der Waals surface area contributed by atoms with Crippen molar-refractivity contribution in [2.24, 2.45) is 0 Å². The number of benzene rings is 2. The lowest BCUT2D eigenvalue weighted by Crippen LogP contribution is -2.29. The van der Waals surface area contributed by atoms with Crippen molar-refractivity contribution >= 4 is 29.3 Å². The molecule has 0 aromatic heterocycles. The summed E-state index contributed by atoms with van der Waals surface area (Å²) in [5.41, 5.74) is 2.15. The maximum Gasteiger partial charge on any atom is 0.236 e. The first-order valence-corrected chi connectivity index (χ1v) is 8.23. The van der Waals surface area contributed by atoms with Gasteiger partial charge in [0.25, 0.3) is 0 Å². The highest BCUT2D eigenvalue weighted by molar-refractivity contribution is 8.01. The average molecular weight is 318 g/mol. The summed E-state index contributed by atoms with van der Waals surface area (Å²) in [6, 6.07) is 17.8. The van der Waals surface area contributed by atoms with Gasteiger partial charge in [0.05, 0.1) is 5.25 Å². The first-order valence-electron chi connectivity index (χ1n) is 6.91. The summed E-state index contributed by atoms with van der Waals surface area (Å²) in [7, 11) is 0. The van der Waals surface area contributed by atoms with E-state index in [0.29, 0.717) is 6.54 Å². The van der Waals surface area contributed by atoms with E-state index < -0.39 is 0 Å². The molecular formula is C17H16ClNOS. The van der Waals surface area contributed by atoms with Gasteiger partial charge in [-0.15, -0.1) is 11.8 Å². The summed E-state index contributed by atoms with van der Waals surface area (Å²) in [6.07, 6.45) is 0. The van der Waals surface area contributed by atoms with Gasteiger partial charge in [0.15, 0.2) is 0 Å². The van der Waals surface area contributed by atoms with Crippen LogP contribution in [0.3, 0.4) is 0 Å². The summed E-state index contributed by atoms with van der Waals surface area (Å²) in [5, 5.41) is 0.673. The number of carbonyl (C=O) groups excluding carboxylic acids is 1. The Morgan fingerprint density at radius 2 is 1.76 bits per heavy atom. The number of hydrogen-bond donors (Lipinski definition) is 0. The van der Waals surface area contributed by atoms with Gasteiger partial charge in [-0.3, -0.25) is 4.79 Å². The lowest BCUT2D eigenvalue weighted by atomic mass is 10.1. The molecule has 1 heterocycles. The Kier molecular flexibility index (Phi) is 4.22. The molecule has 0 bridgehead atoms. The third-order valence-corrected chi connectivity index (χ3v) is 5.33. The number of hydrogen-bond acceptors (Lipinski definition) is 2. The quantitative estimate of drug-likeness (QED) is 0.830. The van der Waals surface area contributed by atoms with E-state index in [1.54, 1.807) is 11.8 Å². The van der Waals surface area contributed by atoms with Gasteiger partial charge in [0.1, 0.15) is 5.37 Å². The van der Waals surface area contributed by atoms with Gasteiger partial charge in [-0.05, 0) is 18.6 Å². The van der Waals surface area contributed by atoms with Crippen LogP contribution in [0.2, 0.25) is 5.02 Å². The highest BCUT2D eigenvalue weighted by atomic mass is 35.5. The van der Waals surface area contributed by atoms with Crippen LogP contribution in [0, 0.1) is 0 Å². The van der Waals surface area contributed by atoms with Crippen molar-refractivity contribution in [2.75, 3.05) is 0 Å². The number of rotatable bonds is 3. The zero-order valence-electron chi connectivity index (χ0n) is 11.7. The Labute approximate surface area is 134 Å². The maximum absolute atomic E-state index is 12.5. The lowest BCUT2D eigenvalue weighted by Gasteiger charge is -2.25. The molecule has 0 spiro atoms. The van der Waals surface area contributed by atoms with E-state index in [-0.39, 0.29) is 16.5 Å². The van der Waals surface area contributed by atoms with Crippen molar-refractivity contribution < 1.29 is 4.79 Å². The zero-order chi connectivity index (χ0) is 14.8. The molecule has 1 aliphatic heterocycles. The highest BCUT2D eigenvalue weighted by Crippen LogP contribution is 2.45. The maximum atomic E-state index is 12.5. The van der Waals surface area contributed by atoms with Crippen molar-refractivity contribution in [2.45, 2.75) is 24.1 Å². The number of nitrogens with zero attached hydrogens (tertiary/aromatic N) is 1. The molecule has 1 aliphatic rings. The molecule has 4 heteroatoms. The third-order valence-electron chi connectivity index (χ3n) is 3.61. The SMILES string of the molecule is CC1SC(c2ccccc2Cl)N(Cc2ccccc2)C1=O. The van der Waals surface area contributed by atoms with Gasteiger partial charge < -0.3 is 4.90 Å².